The molecule has 0 aromatic heterocycles. The van der Waals surface area contributed by atoms with Gasteiger partial charge in [-0.3, -0.25) is 0 Å². The van der Waals surface area contributed by atoms with E-state index in [-0.39, 0.29) is 0 Å². The fourth-order valence-electron chi connectivity index (χ4n) is 4.50. The number of nitriles is 2. The highest BCUT2D eigenvalue weighted by Gasteiger charge is 2.47. The molecule has 1 fully saturated rings. The fraction of sp³-hybridized carbons (Fsp3) is 0.0370. The first-order valence-electron chi connectivity index (χ1n) is 11.7. The van der Waals surface area contributed by atoms with Gasteiger partial charge in [0.15, 0.2) is 64.0 Å². The summed E-state index contributed by atoms with van der Waals surface area (Å²) in [5, 5.41) is 18.5. The highest BCUT2D eigenvalue weighted by molar-refractivity contribution is 6.08. The smallest absolute Gasteiger partial charge is 0.398 e. The number of nitrogens with zero attached hydrogens (tertiary/aromatic N) is 2. The molecule has 0 atom stereocenters. The first-order chi connectivity index (χ1) is 21.7. The number of rotatable bonds is 3. The van der Waals surface area contributed by atoms with Crippen LogP contribution in [-0.2, 0) is 6.18 Å². The molecule has 0 unspecified atom stereocenters. The second-order valence-electron chi connectivity index (χ2n) is 9.20. The van der Waals surface area contributed by atoms with E-state index in [1.54, 1.807) is 0 Å². The van der Waals surface area contributed by atoms with Gasteiger partial charge in [-0.15, -0.1) is 0 Å². The van der Waals surface area contributed by atoms with Crippen molar-refractivity contribution in [3.8, 4) is 12.1 Å². The molecule has 3 aromatic rings. The van der Waals surface area contributed by atoms with E-state index in [9.17, 15) is 62.3 Å². The van der Waals surface area contributed by atoms with Crippen LogP contribution in [0, 0.1) is 86.7 Å². The highest BCUT2D eigenvalue weighted by Crippen LogP contribution is 2.56. The molecule has 3 aromatic carbocycles. The predicted octanol–water partition coefficient (Wildman–Crippen LogP) is 6.30. The Morgan fingerprint density at radius 1 is 0.489 bits per heavy atom. The van der Waals surface area contributed by atoms with Crippen LogP contribution in [0.15, 0.2) is 16.7 Å². The molecule has 0 amide bonds. The Morgan fingerprint density at radius 2 is 0.851 bits per heavy atom. The van der Waals surface area contributed by atoms with Gasteiger partial charge in [0.05, 0.1) is 33.7 Å². The Kier molecular flexibility index (Phi) is 8.06. The number of hydrogen-bond donors (Lipinski definition) is 4. The first-order valence-corrected chi connectivity index (χ1v) is 11.7. The second kappa shape index (κ2) is 11.2. The lowest BCUT2D eigenvalue weighted by Gasteiger charge is -2.17. The van der Waals surface area contributed by atoms with E-state index >= 15 is 4.39 Å². The summed E-state index contributed by atoms with van der Waals surface area (Å²) >= 11 is 0. The zero-order valence-corrected chi connectivity index (χ0v) is 22.0. The van der Waals surface area contributed by atoms with Crippen LogP contribution < -0.4 is 22.9 Å². The lowest BCUT2D eigenvalue weighted by molar-refractivity contribution is -0.140. The van der Waals surface area contributed by atoms with Gasteiger partial charge in [0.25, 0.3) is 0 Å². The van der Waals surface area contributed by atoms with Gasteiger partial charge in [0, 0.05) is 16.7 Å². The van der Waals surface area contributed by atoms with Crippen molar-refractivity contribution in [1.82, 2.24) is 0 Å². The molecule has 0 radical (unpaired) electrons. The molecule has 1 saturated carbocycles. The largest absolute Gasteiger partial charge is 0.420 e. The van der Waals surface area contributed by atoms with Crippen LogP contribution in [0.25, 0.3) is 17.0 Å². The Morgan fingerprint density at radius 3 is 1.23 bits per heavy atom. The first kappa shape index (κ1) is 34.0. The standard InChI is InChI=1S/C27H8F14N6/c28-12-4(2-43)13(29)18(34)10(17(12)33)24(45)8-5(3(1-42)6-14(30)20(36)26(47)21(37)15(6)31)7(8)23(44)9-11(27(39,40)41)19(35)25(46)22(38)16(9)32/h44-47H2. The monoisotopic (exact) mass is 682 g/mol. The van der Waals surface area contributed by atoms with Gasteiger partial charge in [-0.2, -0.15) is 23.7 Å². The van der Waals surface area contributed by atoms with Crippen molar-refractivity contribution >= 4 is 28.3 Å². The minimum atomic E-state index is -5.99. The van der Waals surface area contributed by atoms with Gasteiger partial charge in [0.2, 0.25) is 0 Å². The summed E-state index contributed by atoms with van der Waals surface area (Å²) in [6.45, 7) is 0. The van der Waals surface area contributed by atoms with E-state index in [1.165, 1.54) is 0 Å². The zero-order chi connectivity index (χ0) is 35.8. The predicted molar refractivity (Wildman–Crippen MR) is 132 cm³/mol. The SMILES string of the molecule is N#CC(=C1C(=C(N)c2c(F)c(F)c(C#N)c(F)c2F)C1=C(N)c1c(F)c(F)c(N)c(F)c1C(F)(F)F)c1c(F)c(F)c(N)c(F)c1F. The average Bonchev–Trinajstić information content (AvgIpc) is 3.75. The molecule has 0 bridgehead atoms. The topological polar surface area (TPSA) is 152 Å². The molecule has 0 heterocycles. The van der Waals surface area contributed by atoms with Crippen LogP contribution in [0.2, 0.25) is 0 Å². The number of halogens is 14. The second-order valence-corrected chi connectivity index (χ2v) is 9.20. The third-order valence-corrected chi connectivity index (χ3v) is 6.69. The molecule has 244 valence electrons. The third kappa shape index (κ3) is 4.80. The lowest BCUT2D eigenvalue weighted by atomic mass is 9.99. The van der Waals surface area contributed by atoms with E-state index in [0.29, 0.717) is 0 Å². The van der Waals surface area contributed by atoms with Gasteiger partial charge < -0.3 is 22.9 Å². The number of allylic oxidation sites excluding steroid dienone is 4. The molecule has 6 nitrogen and oxygen atoms in total. The van der Waals surface area contributed by atoms with Gasteiger partial charge in [-0.05, 0) is 0 Å². The number of nitrogens with two attached hydrogens (primary N) is 4. The van der Waals surface area contributed by atoms with Crippen molar-refractivity contribution in [3.63, 3.8) is 0 Å². The fourth-order valence-corrected chi connectivity index (χ4v) is 4.50. The minimum Gasteiger partial charge on any atom is -0.398 e. The Labute approximate surface area is 250 Å². The maximum Gasteiger partial charge on any atom is 0.420 e. The van der Waals surface area contributed by atoms with Gasteiger partial charge in [-0.1, -0.05) is 0 Å². The maximum absolute atomic E-state index is 15.0. The molecular weight excluding hydrogens is 674 g/mol. The molecule has 20 heteroatoms. The van der Waals surface area contributed by atoms with Crippen LogP contribution in [0.1, 0.15) is 27.8 Å². The van der Waals surface area contributed by atoms with Crippen molar-refractivity contribution < 1.29 is 61.5 Å². The van der Waals surface area contributed by atoms with Gasteiger partial charge in [0.1, 0.15) is 34.6 Å². The average molecular weight is 682 g/mol. The number of hydrogen-bond acceptors (Lipinski definition) is 6. The third-order valence-electron chi connectivity index (χ3n) is 6.69. The molecule has 47 heavy (non-hydrogen) atoms. The molecule has 1 aliphatic rings. The van der Waals surface area contributed by atoms with Crippen LogP contribution in [0.5, 0.6) is 0 Å². The molecule has 0 spiro atoms. The lowest BCUT2D eigenvalue weighted by Crippen LogP contribution is -2.19. The van der Waals surface area contributed by atoms with Crippen molar-refractivity contribution in [1.29, 1.82) is 10.5 Å². The molecular formula is C27H8F14N6. The van der Waals surface area contributed by atoms with E-state index in [2.05, 4.69) is 0 Å². The Hall–Kier alpha value is -5.92. The van der Waals surface area contributed by atoms with E-state index in [4.69, 9.17) is 28.2 Å². The number of anilines is 2. The summed E-state index contributed by atoms with van der Waals surface area (Å²) in [4.78, 5) is 0. The molecule has 8 N–H and O–H groups in total. The molecule has 0 aliphatic heterocycles. The quantitative estimate of drug-likeness (QED) is 0.110. The summed E-state index contributed by atoms with van der Waals surface area (Å²) < 4.78 is 203. The summed E-state index contributed by atoms with van der Waals surface area (Å²) in [5.74, 6) is -27.3. The number of nitrogen functional groups attached to an aromatic ring is 2. The maximum atomic E-state index is 15.0. The summed E-state index contributed by atoms with van der Waals surface area (Å²) in [6.07, 6.45) is -5.99. The van der Waals surface area contributed by atoms with E-state index in [0.717, 1.165) is 12.1 Å². The minimum absolute atomic E-state index is 0.769. The van der Waals surface area contributed by atoms with E-state index < -0.39 is 143 Å². The van der Waals surface area contributed by atoms with E-state index in [1.807, 2.05) is 0 Å². The molecule has 0 saturated heterocycles. The Bertz CT molecular complexity index is 2090. The van der Waals surface area contributed by atoms with Crippen molar-refractivity contribution in [3.05, 3.63) is 109 Å². The number of benzene rings is 3. The molecule has 4 rings (SSSR count). The van der Waals surface area contributed by atoms with Crippen LogP contribution in [0.4, 0.5) is 72.8 Å². The Balaban J connectivity index is 2.32. The highest BCUT2D eigenvalue weighted by atomic mass is 19.4. The van der Waals surface area contributed by atoms with Crippen molar-refractivity contribution in [2.24, 2.45) is 11.5 Å². The van der Waals surface area contributed by atoms with Gasteiger partial charge in [-0.25, -0.2) is 48.3 Å². The summed E-state index contributed by atoms with van der Waals surface area (Å²) in [7, 11) is 0. The van der Waals surface area contributed by atoms with Crippen LogP contribution in [-0.4, -0.2) is 0 Å². The van der Waals surface area contributed by atoms with Crippen LogP contribution in [0.3, 0.4) is 0 Å². The zero-order valence-electron chi connectivity index (χ0n) is 22.0. The number of alkyl halides is 3. The van der Waals surface area contributed by atoms with Crippen molar-refractivity contribution in [2.75, 3.05) is 11.5 Å². The summed E-state index contributed by atoms with van der Waals surface area (Å²) in [5.41, 5.74) is -3.32. The summed E-state index contributed by atoms with van der Waals surface area (Å²) in [6, 6.07) is 1.72. The van der Waals surface area contributed by atoms with Crippen LogP contribution >= 0.6 is 0 Å². The normalized spacial score (nSPS) is 16.1. The molecule has 1 aliphatic carbocycles. The van der Waals surface area contributed by atoms with Gasteiger partial charge >= 0.3 is 6.18 Å². The van der Waals surface area contributed by atoms with Crippen molar-refractivity contribution in [2.45, 2.75) is 6.18 Å².